The van der Waals surface area contributed by atoms with E-state index in [0.29, 0.717) is 6.42 Å². The number of hydrogen-bond acceptors (Lipinski definition) is 2. The van der Waals surface area contributed by atoms with Crippen molar-refractivity contribution in [2.24, 2.45) is 0 Å². The number of carbonyl (C=O) groups is 1. The van der Waals surface area contributed by atoms with Crippen LogP contribution in [-0.2, 0) is 11.2 Å². The summed E-state index contributed by atoms with van der Waals surface area (Å²) in [4.78, 5) is 11.8. The van der Waals surface area contributed by atoms with Gasteiger partial charge in [-0.3, -0.25) is 4.79 Å². The lowest BCUT2D eigenvalue weighted by Gasteiger charge is -2.20. The Hall–Kier alpha value is -2.10. The molecule has 0 aliphatic heterocycles. The lowest BCUT2D eigenvalue weighted by molar-refractivity contribution is -0.122. The summed E-state index contributed by atoms with van der Waals surface area (Å²) >= 11 is 0. The second kappa shape index (κ2) is 6.34. The van der Waals surface area contributed by atoms with Gasteiger partial charge in [0.2, 0.25) is 5.91 Å². The fourth-order valence-corrected chi connectivity index (χ4v) is 2.43. The first-order valence-electron chi connectivity index (χ1n) is 7.68. The zero-order chi connectivity index (χ0) is 16.3. The molecular weight excluding hydrogens is 274 g/mol. The van der Waals surface area contributed by atoms with Gasteiger partial charge < -0.3 is 5.32 Å². The Morgan fingerprint density at radius 3 is 2.32 bits per heavy atom. The monoisotopic (exact) mass is 299 g/mol. The maximum absolute atomic E-state index is 11.8. The van der Waals surface area contributed by atoms with Crippen molar-refractivity contribution >= 4 is 5.91 Å². The fourth-order valence-electron chi connectivity index (χ4n) is 2.43. The van der Waals surface area contributed by atoms with Crippen LogP contribution in [0.3, 0.4) is 0 Å². The maximum Gasteiger partial charge on any atom is 0.220 e. The van der Waals surface area contributed by atoms with Crippen LogP contribution >= 0.6 is 0 Å². The molecule has 0 fully saturated rings. The van der Waals surface area contributed by atoms with Gasteiger partial charge in [0, 0.05) is 17.7 Å². The highest BCUT2D eigenvalue weighted by Gasteiger charge is 2.13. The third kappa shape index (κ3) is 4.45. The van der Waals surface area contributed by atoms with Crippen molar-refractivity contribution in [3.05, 3.63) is 47.3 Å². The van der Waals surface area contributed by atoms with Crippen LogP contribution in [0.15, 0.2) is 30.3 Å². The van der Waals surface area contributed by atoms with E-state index in [1.165, 1.54) is 0 Å². The van der Waals surface area contributed by atoms with Gasteiger partial charge in [-0.15, -0.1) is 0 Å². The van der Waals surface area contributed by atoms with Crippen LogP contribution in [0.5, 0.6) is 0 Å². The van der Waals surface area contributed by atoms with E-state index in [1.807, 2.05) is 39.3 Å². The van der Waals surface area contributed by atoms with Crippen molar-refractivity contribution in [2.75, 3.05) is 0 Å². The smallest absolute Gasteiger partial charge is 0.220 e. The molecule has 1 aromatic carbocycles. The molecule has 0 spiro atoms. The first-order chi connectivity index (χ1) is 10.2. The number of carbonyl (C=O) groups excluding carboxylic acids is 1. The lowest BCUT2D eigenvalue weighted by Crippen LogP contribution is -2.40. The van der Waals surface area contributed by atoms with E-state index in [4.69, 9.17) is 0 Å². The molecule has 1 heterocycles. The second-order valence-electron chi connectivity index (χ2n) is 6.80. The van der Waals surface area contributed by atoms with Crippen molar-refractivity contribution in [3.63, 3.8) is 0 Å². The van der Waals surface area contributed by atoms with Gasteiger partial charge in [0.15, 0.2) is 0 Å². The van der Waals surface area contributed by atoms with Gasteiger partial charge in [0.1, 0.15) is 0 Å². The van der Waals surface area contributed by atoms with Crippen molar-refractivity contribution in [1.29, 1.82) is 0 Å². The van der Waals surface area contributed by atoms with Gasteiger partial charge in [-0.25, -0.2) is 4.68 Å². The molecule has 0 unspecified atom stereocenters. The highest BCUT2D eigenvalue weighted by atomic mass is 16.1. The number of hydrogen-bond donors (Lipinski definition) is 1. The summed E-state index contributed by atoms with van der Waals surface area (Å²) in [5.41, 5.74) is 4.18. The van der Waals surface area contributed by atoms with E-state index >= 15 is 0 Å². The summed E-state index contributed by atoms with van der Waals surface area (Å²) in [6.07, 6.45) is 1.26. The third-order valence-electron chi connectivity index (χ3n) is 3.35. The Balaban J connectivity index is 1.98. The van der Waals surface area contributed by atoms with Crippen LogP contribution in [0.1, 0.15) is 44.1 Å². The Labute approximate surface area is 132 Å². The highest BCUT2D eigenvalue weighted by molar-refractivity contribution is 5.76. The first kappa shape index (κ1) is 16.3. The summed E-state index contributed by atoms with van der Waals surface area (Å²) in [5, 5.41) is 7.46. The summed E-state index contributed by atoms with van der Waals surface area (Å²) in [6.45, 7) is 10.0. The molecule has 0 atom stereocenters. The average Bonchev–Trinajstić information content (AvgIpc) is 2.74. The van der Waals surface area contributed by atoms with Gasteiger partial charge >= 0.3 is 0 Å². The Bertz CT molecular complexity index is 648. The number of amides is 1. The molecule has 2 rings (SSSR count). The van der Waals surface area contributed by atoms with E-state index in [0.717, 1.165) is 29.1 Å². The number of aryl methyl sites for hydroxylation is 3. The van der Waals surface area contributed by atoms with E-state index in [2.05, 4.69) is 40.7 Å². The molecule has 2 aromatic rings. The average molecular weight is 299 g/mol. The summed E-state index contributed by atoms with van der Waals surface area (Å²) in [6, 6.07) is 10.3. The summed E-state index contributed by atoms with van der Waals surface area (Å²) in [7, 11) is 0. The van der Waals surface area contributed by atoms with Crippen LogP contribution in [0.2, 0.25) is 0 Å². The molecule has 22 heavy (non-hydrogen) atoms. The molecule has 0 aliphatic carbocycles. The largest absolute Gasteiger partial charge is 0.351 e. The van der Waals surface area contributed by atoms with E-state index in [1.54, 1.807) is 0 Å². The molecule has 1 N–H and O–H groups in total. The van der Waals surface area contributed by atoms with Crippen molar-refractivity contribution in [1.82, 2.24) is 15.1 Å². The minimum absolute atomic E-state index is 0.0927. The first-order valence-corrected chi connectivity index (χ1v) is 7.68. The van der Waals surface area contributed by atoms with Gasteiger partial charge in [0.25, 0.3) is 0 Å². The zero-order valence-electron chi connectivity index (χ0n) is 14.1. The molecule has 0 saturated carbocycles. The van der Waals surface area contributed by atoms with Crippen molar-refractivity contribution < 1.29 is 4.79 Å². The molecule has 0 saturated heterocycles. The van der Waals surface area contributed by atoms with Gasteiger partial charge in [-0.05, 0) is 64.8 Å². The lowest BCUT2D eigenvalue weighted by atomic mass is 10.1. The number of rotatable bonds is 4. The van der Waals surface area contributed by atoms with E-state index < -0.39 is 0 Å². The molecular formula is C18H25N3O. The minimum atomic E-state index is -0.170. The van der Waals surface area contributed by atoms with Crippen LogP contribution in [0.4, 0.5) is 0 Å². The predicted molar refractivity (Wildman–Crippen MR) is 89.3 cm³/mol. The van der Waals surface area contributed by atoms with Gasteiger partial charge in [-0.2, -0.15) is 5.10 Å². The normalized spacial score (nSPS) is 11.5. The Kier molecular flexibility index (Phi) is 4.69. The molecule has 4 nitrogen and oxygen atoms in total. The number of benzene rings is 1. The maximum atomic E-state index is 11.8. The number of aromatic nitrogens is 2. The standard InChI is InChI=1S/C18H25N3O/c1-13-12-14(2)21(20-13)16-9-6-15(7-10-16)8-11-17(22)19-18(3,4)5/h6-7,9-10,12H,8,11H2,1-5H3,(H,19,22). The topological polar surface area (TPSA) is 46.9 Å². The van der Waals surface area contributed by atoms with Crippen molar-refractivity contribution in [2.45, 2.75) is 53.0 Å². The SMILES string of the molecule is Cc1cc(C)n(-c2ccc(CCC(=O)NC(C)(C)C)cc2)n1. The molecule has 0 bridgehead atoms. The number of nitrogens with one attached hydrogen (secondary N) is 1. The fraction of sp³-hybridized carbons (Fsp3) is 0.444. The molecule has 118 valence electrons. The molecule has 1 amide bonds. The summed E-state index contributed by atoms with van der Waals surface area (Å²) in [5.74, 6) is 0.0927. The molecule has 4 heteroatoms. The minimum Gasteiger partial charge on any atom is -0.351 e. The summed E-state index contributed by atoms with van der Waals surface area (Å²) < 4.78 is 1.94. The van der Waals surface area contributed by atoms with Crippen LogP contribution in [0, 0.1) is 13.8 Å². The van der Waals surface area contributed by atoms with Crippen LogP contribution in [-0.4, -0.2) is 21.2 Å². The molecule has 0 radical (unpaired) electrons. The second-order valence-corrected chi connectivity index (χ2v) is 6.80. The molecule has 1 aromatic heterocycles. The Morgan fingerprint density at radius 2 is 1.82 bits per heavy atom. The predicted octanol–water partition coefficient (Wildman–Crippen LogP) is 3.34. The van der Waals surface area contributed by atoms with Crippen LogP contribution < -0.4 is 5.32 Å². The van der Waals surface area contributed by atoms with Gasteiger partial charge in [-0.1, -0.05) is 12.1 Å². The zero-order valence-corrected chi connectivity index (χ0v) is 14.1. The number of nitrogens with zero attached hydrogens (tertiary/aromatic N) is 2. The van der Waals surface area contributed by atoms with E-state index in [-0.39, 0.29) is 11.4 Å². The highest BCUT2D eigenvalue weighted by Crippen LogP contribution is 2.14. The third-order valence-corrected chi connectivity index (χ3v) is 3.35. The van der Waals surface area contributed by atoms with E-state index in [9.17, 15) is 4.79 Å². The van der Waals surface area contributed by atoms with Crippen LogP contribution in [0.25, 0.3) is 5.69 Å². The Morgan fingerprint density at radius 1 is 1.18 bits per heavy atom. The van der Waals surface area contributed by atoms with Gasteiger partial charge in [0.05, 0.1) is 11.4 Å². The quantitative estimate of drug-likeness (QED) is 0.941. The van der Waals surface area contributed by atoms with Crippen molar-refractivity contribution in [3.8, 4) is 5.69 Å². The molecule has 0 aliphatic rings.